The lowest BCUT2D eigenvalue weighted by Gasteiger charge is -2.25. The third kappa shape index (κ3) is 4.16. The number of para-hydroxylation sites is 2. The van der Waals surface area contributed by atoms with Crippen molar-refractivity contribution in [3.8, 4) is 11.1 Å². The van der Waals surface area contributed by atoms with Gasteiger partial charge in [0.15, 0.2) is 5.43 Å². The second-order valence-corrected chi connectivity index (χ2v) is 10.3. The lowest BCUT2D eigenvalue weighted by atomic mass is 10.0. The molecule has 0 unspecified atom stereocenters. The van der Waals surface area contributed by atoms with Gasteiger partial charge in [0.2, 0.25) is 0 Å². The van der Waals surface area contributed by atoms with Crippen molar-refractivity contribution in [2.24, 2.45) is 0 Å². The Morgan fingerprint density at radius 1 is 0.543 bits per heavy atom. The molecule has 0 aliphatic rings. The Kier molecular flexibility index (Phi) is 5.69. The summed E-state index contributed by atoms with van der Waals surface area (Å²) in [5, 5.41) is 1.52. The summed E-state index contributed by atoms with van der Waals surface area (Å²) in [6.07, 6.45) is 0. The molecule has 6 aromatic rings. The molecule has 0 amide bonds. The molecule has 5 aromatic carbocycles. The van der Waals surface area contributed by atoms with E-state index in [4.69, 9.17) is 0 Å². The van der Waals surface area contributed by atoms with Gasteiger partial charge in [-0.1, -0.05) is 70.5 Å². The molecule has 4 heteroatoms. The number of fused-ring (bicyclic) bond motifs is 2. The van der Waals surface area contributed by atoms with Gasteiger partial charge in [-0.05, 0) is 77.9 Å². The fraction of sp³-hybridized carbons (Fsp3) is 0. The lowest BCUT2D eigenvalue weighted by Crippen LogP contribution is -2.09. The Hall–Kier alpha value is -3.73. The maximum absolute atomic E-state index is 13.3. The van der Waals surface area contributed by atoms with Crippen LogP contribution >= 0.6 is 27.3 Å². The molecule has 1 heterocycles. The van der Waals surface area contributed by atoms with E-state index in [0.717, 1.165) is 52.8 Å². The minimum absolute atomic E-state index is 0.0767. The molecule has 6 rings (SSSR count). The van der Waals surface area contributed by atoms with E-state index in [1.165, 1.54) is 0 Å². The summed E-state index contributed by atoms with van der Waals surface area (Å²) in [6.45, 7) is 0. The molecule has 0 fully saturated rings. The first-order valence-electron chi connectivity index (χ1n) is 11.3. The van der Waals surface area contributed by atoms with Gasteiger partial charge in [-0.3, -0.25) is 4.79 Å². The Bertz CT molecular complexity index is 1670. The first-order chi connectivity index (χ1) is 17.2. The minimum atomic E-state index is 0.0767. The van der Waals surface area contributed by atoms with E-state index >= 15 is 0 Å². The molecule has 0 radical (unpaired) electrons. The molecule has 0 spiro atoms. The fourth-order valence-electron chi connectivity index (χ4n) is 4.41. The van der Waals surface area contributed by atoms with Gasteiger partial charge in [-0.25, -0.2) is 0 Å². The fourth-order valence-corrected chi connectivity index (χ4v) is 5.81. The molecule has 0 saturated carbocycles. The van der Waals surface area contributed by atoms with E-state index in [2.05, 4.69) is 106 Å². The number of anilines is 3. The molecular formula is C31H20BrNOS. The molecule has 1 aromatic heterocycles. The van der Waals surface area contributed by atoms with Crippen molar-refractivity contribution >= 4 is 64.5 Å². The summed E-state index contributed by atoms with van der Waals surface area (Å²) in [7, 11) is 0. The van der Waals surface area contributed by atoms with Crippen LogP contribution in [0.3, 0.4) is 0 Å². The second-order valence-electron chi connectivity index (χ2n) is 8.34. The SMILES string of the molecule is O=c1c2cc(Br)ccc2sc2ccc(-c3ccc(N(c4ccccc4)c4ccccc4)cc3)cc12. The highest BCUT2D eigenvalue weighted by atomic mass is 79.9. The third-order valence-corrected chi connectivity index (χ3v) is 7.76. The summed E-state index contributed by atoms with van der Waals surface area (Å²) in [4.78, 5) is 15.5. The molecule has 168 valence electrons. The van der Waals surface area contributed by atoms with Crippen LogP contribution in [-0.2, 0) is 0 Å². The normalized spacial score (nSPS) is 11.1. The topological polar surface area (TPSA) is 20.3 Å². The monoisotopic (exact) mass is 533 g/mol. The molecule has 0 bridgehead atoms. The van der Waals surface area contributed by atoms with Gasteiger partial charge in [0.05, 0.1) is 0 Å². The van der Waals surface area contributed by atoms with Crippen LogP contribution in [0, 0.1) is 0 Å². The maximum atomic E-state index is 13.3. The van der Waals surface area contributed by atoms with Crippen LogP contribution < -0.4 is 10.3 Å². The zero-order valence-electron chi connectivity index (χ0n) is 18.7. The first kappa shape index (κ1) is 21.8. The first-order valence-corrected chi connectivity index (χ1v) is 13.0. The number of halogens is 1. The van der Waals surface area contributed by atoms with Crippen LogP contribution in [0.1, 0.15) is 0 Å². The summed E-state index contributed by atoms with van der Waals surface area (Å²) >= 11 is 5.15. The predicted octanol–water partition coefficient (Wildman–Crippen LogP) is 9.31. The average Bonchev–Trinajstić information content (AvgIpc) is 2.91. The van der Waals surface area contributed by atoms with Gasteiger partial charge < -0.3 is 4.90 Å². The number of hydrogen-bond donors (Lipinski definition) is 0. The second kappa shape index (κ2) is 9.14. The molecule has 0 aliphatic carbocycles. The maximum Gasteiger partial charge on any atom is 0.195 e. The zero-order chi connectivity index (χ0) is 23.8. The Labute approximate surface area is 215 Å². The van der Waals surface area contributed by atoms with Crippen LogP contribution in [0.5, 0.6) is 0 Å². The standard InChI is InChI=1S/C31H20BrNOS/c32-23-14-18-30-28(20-23)31(34)27-19-22(13-17-29(27)35-30)21-11-15-26(16-12-21)33(24-7-3-1-4-8-24)25-9-5-2-6-10-25/h1-20H. The molecular weight excluding hydrogens is 514 g/mol. The predicted molar refractivity (Wildman–Crippen MR) is 153 cm³/mol. The van der Waals surface area contributed by atoms with E-state index in [1.54, 1.807) is 11.3 Å². The van der Waals surface area contributed by atoms with E-state index in [1.807, 2.05) is 36.4 Å². The average molecular weight is 534 g/mol. The van der Waals surface area contributed by atoms with Crippen LogP contribution in [0.2, 0.25) is 0 Å². The van der Waals surface area contributed by atoms with Crippen molar-refractivity contribution in [2.75, 3.05) is 4.90 Å². The van der Waals surface area contributed by atoms with Crippen molar-refractivity contribution in [3.05, 3.63) is 136 Å². The van der Waals surface area contributed by atoms with Crippen molar-refractivity contribution in [3.63, 3.8) is 0 Å². The quantitative estimate of drug-likeness (QED) is 0.210. The summed E-state index contributed by atoms with van der Waals surface area (Å²) in [5.74, 6) is 0. The van der Waals surface area contributed by atoms with Crippen LogP contribution in [0.25, 0.3) is 31.3 Å². The number of hydrogen-bond acceptors (Lipinski definition) is 3. The summed E-state index contributed by atoms with van der Waals surface area (Å²) < 4.78 is 2.93. The van der Waals surface area contributed by atoms with Gasteiger partial charge in [0.1, 0.15) is 0 Å². The van der Waals surface area contributed by atoms with Gasteiger partial charge in [-0.2, -0.15) is 0 Å². The third-order valence-electron chi connectivity index (χ3n) is 6.12. The number of rotatable bonds is 4. The highest BCUT2D eigenvalue weighted by Crippen LogP contribution is 2.36. The molecule has 2 nitrogen and oxygen atoms in total. The molecule has 0 saturated heterocycles. The van der Waals surface area contributed by atoms with Crippen molar-refractivity contribution in [1.82, 2.24) is 0 Å². The smallest absolute Gasteiger partial charge is 0.195 e. The van der Waals surface area contributed by atoms with E-state index in [9.17, 15) is 4.79 Å². The summed E-state index contributed by atoms with van der Waals surface area (Å²) in [5.41, 5.74) is 5.48. The van der Waals surface area contributed by atoms with E-state index in [-0.39, 0.29) is 5.43 Å². The largest absolute Gasteiger partial charge is 0.311 e. The Morgan fingerprint density at radius 2 is 1.06 bits per heavy atom. The van der Waals surface area contributed by atoms with Gasteiger partial charge in [0, 0.05) is 41.7 Å². The van der Waals surface area contributed by atoms with E-state index in [0.29, 0.717) is 0 Å². The number of benzene rings is 5. The van der Waals surface area contributed by atoms with Crippen LogP contribution in [-0.4, -0.2) is 0 Å². The van der Waals surface area contributed by atoms with Crippen molar-refractivity contribution in [2.45, 2.75) is 0 Å². The zero-order valence-corrected chi connectivity index (χ0v) is 21.1. The molecule has 35 heavy (non-hydrogen) atoms. The minimum Gasteiger partial charge on any atom is -0.311 e. The highest BCUT2D eigenvalue weighted by molar-refractivity contribution is 9.10. The Balaban J connectivity index is 1.42. The lowest BCUT2D eigenvalue weighted by molar-refractivity contribution is 1.28. The molecule has 0 N–H and O–H groups in total. The van der Waals surface area contributed by atoms with E-state index < -0.39 is 0 Å². The van der Waals surface area contributed by atoms with Gasteiger partial charge in [0.25, 0.3) is 0 Å². The van der Waals surface area contributed by atoms with Crippen LogP contribution in [0.15, 0.2) is 131 Å². The molecule has 0 atom stereocenters. The Morgan fingerprint density at radius 3 is 1.69 bits per heavy atom. The van der Waals surface area contributed by atoms with Gasteiger partial charge in [-0.15, -0.1) is 11.3 Å². The summed E-state index contributed by atoms with van der Waals surface area (Å²) in [6, 6.07) is 41.3. The van der Waals surface area contributed by atoms with Crippen molar-refractivity contribution in [1.29, 1.82) is 0 Å². The highest BCUT2D eigenvalue weighted by Gasteiger charge is 2.13. The van der Waals surface area contributed by atoms with Crippen LogP contribution in [0.4, 0.5) is 17.1 Å². The van der Waals surface area contributed by atoms with Crippen molar-refractivity contribution < 1.29 is 0 Å². The van der Waals surface area contributed by atoms with Gasteiger partial charge >= 0.3 is 0 Å². The molecule has 0 aliphatic heterocycles. The number of nitrogens with zero attached hydrogens (tertiary/aromatic N) is 1.